The van der Waals surface area contributed by atoms with E-state index >= 15 is 0 Å². The van der Waals surface area contributed by atoms with E-state index in [1.807, 2.05) is 48.5 Å². The van der Waals surface area contributed by atoms with Gasteiger partial charge in [-0.3, -0.25) is 0 Å². The summed E-state index contributed by atoms with van der Waals surface area (Å²) < 4.78 is 5.62. The van der Waals surface area contributed by atoms with Gasteiger partial charge in [0.25, 0.3) is 0 Å². The Morgan fingerprint density at radius 3 is 2.47 bits per heavy atom. The van der Waals surface area contributed by atoms with Crippen molar-refractivity contribution in [2.45, 2.75) is 12.6 Å². The molecule has 0 N–H and O–H groups in total. The largest absolute Gasteiger partial charge is 0.489 e. The van der Waals surface area contributed by atoms with E-state index in [1.165, 1.54) is 0 Å². The van der Waals surface area contributed by atoms with Gasteiger partial charge in [0.15, 0.2) is 0 Å². The minimum atomic E-state index is -0.990. The summed E-state index contributed by atoms with van der Waals surface area (Å²) in [5, 5.41) is 11.7. The number of nitrogens with zero attached hydrogens (tertiary/aromatic N) is 2. The molecule has 0 radical (unpaired) electrons. The van der Waals surface area contributed by atoms with Gasteiger partial charge in [0, 0.05) is 5.56 Å². The molecular weight excluding hydrogens is 240 g/mol. The Labute approximate surface area is 111 Å². The molecule has 0 aliphatic heterocycles. The monoisotopic (exact) mass is 252 g/mol. The molecule has 1 unspecified atom stereocenters. The van der Waals surface area contributed by atoms with Gasteiger partial charge in [-0.05, 0) is 22.9 Å². The van der Waals surface area contributed by atoms with Crippen molar-refractivity contribution in [3.8, 4) is 11.8 Å². The maximum absolute atomic E-state index is 10.6. The molecule has 0 saturated heterocycles. The molecular formula is C15H12N2O2. The van der Waals surface area contributed by atoms with E-state index in [-0.39, 0.29) is 0 Å². The molecule has 0 heterocycles. The van der Waals surface area contributed by atoms with Crippen LogP contribution < -0.4 is 4.74 Å². The van der Waals surface area contributed by atoms with E-state index in [9.17, 15) is 4.91 Å². The summed E-state index contributed by atoms with van der Waals surface area (Å²) in [6.45, 7) is 0.299. The summed E-state index contributed by atoms with van der Waals surface area (Å²) in [4.78, 5) is 10.6. The zero-order valence-electron chi connectivity index (χ0n) is 10.2. The first-order valence-electron chi connectivity index (χ1n) is 5.83. The Morgan fingerprint density at radius 1 is 1.11 bits per heavy atom. The van der Waals surface area contributed by atoms with Crippen LogP contribution in [0, 0.1) is 16.2 Å². The number of hydrogen-bond donors (Lipinski definition) is 0. The van der Waals surface area contributed by atoms with Gasteiger partial charge in [0.2, 0.25) is 6.04 Å². The van der Waals surface area contributed by atoms with Crippen LogP contribution in [0.2, 0.25) is 0 Å². The predicted molar refractivity (Wildman–Crippen MR) is 71.4 cm³/mol. The maximum Gasteiger partial charge on any atom is 0.203 e. The second-order valence-corrected chi connectivity index (χ2v) is 3.94. The summed E-state index contributed by atoms with van der Waals surface area (Å²) in [5.74, 6) is 0.741. The SMILES string of the molecule is N#CC(N=O)c1ccccc1COc1ccccc1. The molecule has 0 aliphatic rings. The molecule has 0 bridgehead atoms. The quantitative estimate of drug-likeness (QED) is 0.764. The highest BCUT2D eigenvalue weighted by Gasteiger charge is 2.14. The van der Waals surface area contributed by atoms with Crippen LogP contribution in [0.25, 0.3) is 0 Å². The molecule has 0 aliphatic carbocycles. The van der Waals surface area contributed by atoms with Crippen LogP contribution in [0.1, 0.15) is 17.2 Å². The van der Waals surface area contributed by atoms with Crippen molar-refractivity contribution in [1.82, 2.24) is 0 Å². The normalized spacial score (nSPS) is 11.3. The minimum absolute atomic E-state index is 0.299. The van der Waals surface area contributed by atoms with Gasteiger partial charge in [-0.15, -0.1) is 4.91 Å². The van der Waals surface area contributed by atoms with Crippen molar-refractivity contribution in [1.29, 1.82) is 5.26 Å². The first kappa shape index (κ1) is 12.8. The Morgan fingerprint density at radius 2 is 1.79 bits per heavy atom. The third-order valence-electron chi connectivity index (χ3n) is 2.71. The molecule has 19 heavy (non-hydrogen) atoms. The number of benzene rings is 2. The summed E-state index contributed by atoms with van der Waals surface area (Å²) in [6, 6.07) is 17.4. The average molecular weight is 252 g/mol. The van der Waals surface area contributed by atoms with Crippen LogP contribution >= 0.6 is 0 Å². The van der Waals surface area contributed by atoms with Crippen molar-refractivity contribution >= 4 is 0 Å². The van der Waals surface area contributed by atoms with Gasteiger partial charge in [-0.25, -0.2) is 0 Å². The van der Waals surface area contributed by atoms with Gasteiger partial charge in [-0.1, -0.05) is 42.5 Å². The van der Waals surface area contributed by atoms with Gasteiger partial charge in [0.1, 0.15) is 12.4 Å². The van der Waals surface area contributed by atoms with E-state index in [4.69, 9.17) is 10.00 Å². The first-order chi connectivity index (χ1) is 9.35. The fraction of sp³-hybridized carbons (Fsp3) is 0.133. The van der Waals surface area contributed by atoms with E-state index in [0.717, 1.165) is 11.3 Å². The smallest absolute Gasteiger partial charge is 0.203 e. The number of nitriles is 1. The van der Waals surface area contributed by atoms with Crippen molar-refractivity contribution in [3.63, 3.8) is 0 Å². The fourth-order valence-corrected chi connectivity index (χ4v) is 1.76. The molecule has 0 fully saturated rings. The Balaban J connectivity index is 2.17. The summed E-state index contributed by atoms with van der Waals surface area (Å²) in [5.41, 5.74) is 1.38. The van der Waals surface area contributed by atoms with Crippen LogP contribution in [0.3, 0.4) is 0 Å². The van der Waals surface area contributed by atoms with Crippen molar-refractivity contribution in [3.05, 3.63) is 70.6 Å². The van der Waals surface area contributed by atoms with Gasteiger partial charge in [0.05, 0.1) is 6.07 Å². The third kappa shape index (κ3) is 3.17. The van der Waals surface area contributed by atoms with Gasteiger partial charge < -0.3 is 4.74 Å². The van der Waals surface area contributed by atoms with E-state index < -0.39 is 6.04 Å². The zero-order valence-corrected chi connectivity index (χ0v) is 10.2. The molecule has 0 amide bonds. The second kappa shape index (κ2) is 6.31. The van der Waals surface area contributed by atoms with Crippen LogP contribution in [-0.2, 0) is 6.61 Å². The van der Waals surface area contributed by atoms with E-state index in [0.29, 0.717) is 12.2 Å². The highest BCUT2D eigenvalue weighted by Crippen LogP contribution is 2.22. The summed E-state index contributed by atoms with van der Waals surface area (Å²) in [7, 11) is 0. The van der Waals surface area contributed by atoms with Crippen LogP contribution in [-0.4, -0.2) is 0 Å². The maximum atomic E-state index is 10.6. The average Bonchev–Trinajstić information content (AvgIpc) is 2.48. The number of para-hydroxylation sites is 1. The highest BCUT2D eigenvalue weighted by atomic mass is 16.5. The molecule has 2 aromatic carbocycles. The number of ether oxygens (including phenoxy) is 1. The second-order valence-electron chi connectivity index (χ2n) is 3.94. The Hall–Kier alpha value is -2.67. The lowest BCUT2D eigenvalue weighted by Gasteiger charge is -2.11. The molecule has 94 valence electrons. The predicted octanol–water partition coefficient (Wildman–Crippen LogP) is 3.60. The molecule has 0 spiro atoms. The van der Waals surface area contributed by atoms with E-state index in [1.54, 1.807) is 12.1 Å². The van der Waals surface area contributed by atoms with Gasteiger partial charge in [-0.2, -0.15) is 5.26 Å². The Kier molecular flexibility index (Phi) is 4.25. The lowest BCUT2D eigenvalue weighted by Crippen LogP contribution is -2.02. The fourth-order valence-electron chi connectivity index (χ4n) is 1.76. The first-order valence-corrected chi connectivity index (χ1v) is 5.83. The number of hydrogen-bond acceptors (Lipinski definition) is 4. The number of rotatable bonds is 5. The lowest BCUT2D eigenvalue weighted by molar-refractivity contribution is 0.304. The molecule has 0 aromatic heterocycles. The highest BCUT2D eigenvalue weighted by molar-refractivity contribution is 5.33. The van der Waals surface area contributed by atoms with Crippen LogP contribution in [0.5, 0.6) is 5.75 Å². The van der Waals surface area contributed by atoms with E-state index in [2.05, 4.69) is 5.18 Å². The minimum Gasteiger partial charge on any atom is -0.489 e. The van der Waals surface area contributed by atoms with Crippen molar-refractivity contribution in [2.24, 2.45) is 5.18 Å². The van der Waals surface area contributed by atoms with Crippen LogP contribution in [0.4, 0.5) is 0 Å². The topological polar surface area (TPSA) is 62.5 Å². The zero-order chi connectivity index (χ0) is 13.5. The third-order valence-corrected chi connectivity index (χ3v) is 2.71. The molecule has 0 saturated carbocycles. The lowest BCUT2D eigenvalue weighted by atomic mass is 10.0. The molecule has 4 nitrogen and oxygen atoms in total. The standard InChI is InChI=1S/C15H12N2O2/c16-10-15(17-18)14-9-5-4-6-12(14)11-19-13-7-2-1-3-8-13/h1-9,15H,11H2. The molecule has 2 rings (SSSR count). The van der Waals surface area contributed by atoms with Crippen molar-refractivity contribution < 1.29 is 4.74 Å². The molecule has 4 heteroatoms. The summed E-state index contributed by atoms with van der Waals surface area (Å²) in [6.07, 6.45) is 0. The molecule has 1 atom stereocenters. The van der Waals surface area contributed by atoms with Crippen LogP contribution in [0.15, 0.2) is 59.8 Å². The number of nitroso groups, excluding NO2 is 1. The molecule has 2 aromatic rings. The summed E-state index contributed by atoms with van der Waals surface area (Å²) >= 11 is 0. The van der Waals surface area contributed by atoms with Gasteiger partial charge >= 0.3 is 0 Å². The Bertz CT molecular complexity index is 591. The van der Waals surface area contributed by atoms with Crippen molar-refractivity contribution in [2.75, 3.05) is 0 Å².